The van der Waals surface area contributed by atoms with Crippen molar-refractivity contribution in [2.24, 2.45) is 4.99 Å². The molecule has 0 aliphatic carbocycles. The molecule has 3 heterocycles. The van der Waals surface area contributed by atoms with E-state index in [0.717, 1.165) is 67.4 Å². The lowest BCUT2D eigenvalue weighted by atomic mass is 9.96. The first-order chi connectivity index (χ1) is 12.8. The second-order valence-corrected chi connectivity index (χ2v) is 6.61. The number of furan rings is 1. The van der Waals surface area contributed by atoms with E-state index in [2.05, 4.69) is 42.5 Å². The zero-order chi connectivity index (χ0) is 17.8. The number of hydrogen-bond donors (Lipinski definition) is 2. The molecule has 3 aromatic rings. The average molecular weight is 480 g/mol. The first kappa shape index (κ1) is 19.7. The number of aromatic nitrogens is 3. The van der Waals surface area contributed by atoms with Crippen LogP contribution in [0.4, 0.5) is 0 Å². The number of hydrogen-bond acceptors (Lipinski definition) is 4. The predicted octanol–water partition coefficient (Wildman–Crippen LogP) is 3.17. The molecule has 2 N–H and O–H groups in total. The van der Waals surface area contributed by atoms with Gasteiger partial charge in [-0.1, -0.05) is 18.2 Å². The summed E-state index contributed by atoms with van der Waals surface area (Å²) < 4.78 is 5.87. The number of likely N-dealkylation sites (tertiary alicyclic amines) is 1. The van der Waals surface area contributed by atoms with Gasteiger partial charge in [0.15, 0.2) is 5.96 Å². The monoisotopic (exact) mass is 480 g/mol. The summed E-state index contributed by atoms with van der Waals surface area (Å²) in [6.45, 7) is 2.74. The van der Waals surface area contributed by atoms with Gasteiger partial charge in [-0.25, -0.2) is 4.98 Å². The molecule has 144 valence electrons. The average Bonchev–Trinajstić information content (AvgIpc) is 3.35. The van der Waals surface area contributed by atoms with Crippen LogP contribution in [-0.4, -0.2) is 52.7 Å². The number of rotatable bonds is 4. The number of H-pyrrole nitrogens is 1. The van der Waals surface area contributed by atoms with E-state index in [4.69, 9.17) is 4.42 Å². The number of guanidine groups is 1. The van der Waals surface area contributed by atoms with E-state index in [-0.39, 0.29) is 24.0 Å². The first-order valence-corrected chi connectivity index (χ1v) is 9.12. The standard InChI is InChI=1S/C19H24N6O.HI/c1-20-19(25-10-7-14(8-11-25)18-22-13-23-24-18)21-9-6-16-12-15-4-2-3-5-17(15)26-16;/h2-5,12-14H,6-11H2,1H3,(H,20,21)(H,22,23,24);1H. The Morgan fingerprint density at radius 2 is 2.15 bits per heavy atom. The van der Waals surface area contributed by atoms with Crippen LogP contribution in [0.1, 0.15) is 30.3 Å². The fourth-order valence-electron chi connectivity index (χ4n) is 3.57. The fourth-order valence-corrected chi connectivity index (χ4v) is 3.57. The molecule has 27 heavy (non-hydrogen) atoms. The molecular weight excluding hydrogens is 455 g/mol. The van der Waals surface area contributed by atoms with Crippen molar-refractivity contribution in [1.82, 2.24) is 25.4 Å². The van der Waals surface area contributed by atoms with E-state index in [1.165, 1.54) is 0 Å². The largest absolute Gasteiger partial charge is 0.461 e. The highest BCUT2D eigenvalue weighted by Gasteiger charge is 2.24. The molecule has 1 aliphatic rings. The van der Waals surface area contributed by atoms with Crippen LogP contribution in [-0.2, 0) is 6.42 Å². The summed E-state index contributed by atoms with van der Waals surface area (Å²) in [6, 6.07) is 10.2. The van der Waals surface area contributed by atoms with Crippen LogP contribution in [0.25, 0.3) is 11.0 Å². The van der Waals surface area contributed by atoms with Gasteiger partial charge in [0, 0.05) is 44.4 Å². The smallest absolute Gasteiger partial charge is 0.193 e. The highest BCUT2D eigenvalue weighted by molar-refractivity contribution is 14.0. The Hall–Kier alpha value is -2.10. The highest BCUT2D eigenvalue weighted by atomic mass is 127. The molecular formula is C19H25IN6O. The normalized spacial score (nSPS) is 15.7. The van der Waals surface area contributed by atoms with Gasteiger partial charge >= 0.3 is 0 Å². The van der Waals surface area contributed by atoms with Gasteiger partial charge in [-0.05, 0) is 25.0 Å². The van der Waals surface area contributed by atoms with Gasteiger partial charge in [-0.15, -0.1) is 24.0 Å². The number of nitrogens with zero attached hydrogens (tertiary/aromatic N) is 4. The second kappa shape index (κ2) is 9.20. The van der Waals surface area contributed by atoms with Crippen molar-refractivity contribution in [3.8, 4) is 0 Å². The van der Waals surface area contributed by atoms with Crippen LogP contribution in [0.15, 0.2) is 46.1 Å². The summed E-state index contributed by atoms with van der Waals surface area (Å²) in [7, 11) is 1.84. The fraction of sp³-hybridized carbons (Fsp3) is 0.421. The van der Waals surface area contributed by atoms with Crippen molar-refractivity contribution in [3.63, 3.8) is 0 Å². The highest BCUT2D eigenvalue weighted by Crippen LogP contribution is 2.25. The van der Waals surface area contributed by atoms with Crippen molar-refractivity contribution < 1.29 is 4.42 Å². The van der Waals surface area contributed by atoms with Gasteiger partial charge in [0.2, 0.25) is 0 Å². The van der Waals surface area contributed by atoms with Crippen LogP contribution < -0.4 is 5.32 Å². The number of fused-ring (bicyclic) bond motifs is 1. The third kappa shape index (κ3) is 4.60. The lowest BCUT2D eigenvalue weighted by molar-refractivity contribution is 0.299. The van der Waals surface area contributed by atoms with E-state index < -0.39 is 0 Å². The maximum Gasteiger partial charge on any atom is 0.193 e. The Morgan fingerprint density at radius 3 is 2.85 bits per heavy atom. The Labute approximate surface area is 175 Å². The first-order valence-electron chi connectivity index (χ1n) is 9.12. The predicted molar refractivity (Wildman–Crippen MR) is 117 cm³/mol. The Balaban J connectivity index is 0.00000210. The Kier molecular flexibility index (Phi) is 6.70. The molecule has 0 amide bonds. The van der Waals surface area contributed by atoms with Gasteiger partial charge in [0.25, 0.3) is 0 Å². The minimum atomic E-state index is 0. The summed E-state index contributed by atoms with van der Waals surface area (Å²) in [5.74, 6) is 3.41. The minimum absolute atomic E-state index is 0. The number of nitrogens with one attached hydrogen (secondary N) is 2. The van der Waals surface area contributed by atoms with E-state index in [1.807, 2.05) is 25.2 Å². The molecule has 0 saturated carbocycles. The van der Waals surface area contributed by atoms with Crippen molar-refractivity contribution in [3.05, 3.63) is 48.2 Å². The molecule has 0 unspecified atom stereocenters. The number of para-hydroxylation sites is 1. The summed E-state index contributed by atoms with van der Waals surface area (Å²) in [6.07, 6.45) is 4.53. The van der Waals surface area contributed by atoms with Gasteiger partial charge in [0.05, 0.1) is 0 Å². The van der Waals surface area contributed by atoms with Gasteiger partial charge in [-0.3, -0.25) is 10.1 Å². The van der Waals surface area contributed by atoms with E-state index >= 15 is 0 Å². The maximum absolute atomic E-state index is 5.87. The third-order valence-electron chi connectivity index (χ3n) is 4.96. The maximum atomic E-state index is 5.87. The van der Waals surface area contributed by atoms with E-state index in [1.54, 1.807) is 6.33 Å². The molecule has 0 radical (unpaired) electrons. The molecule has 4 rings (SSSR count). The molecule has 2 aromatic heterocycles. The molecule has 8 heteroatoms. The molecule has 0 spiro atoms. The Morgan fingerprint density at radius 1 is 1.33 bits per heavy atom. The molecule has 0 atom stereocenters. The SMILES string of the molecule is CN=C(NCCc1cc2ccccc2o1)N1CCC(c2ncn[nH]2)CC1.I. The van der Waals surface area contributed by atoms with Crippen molar-refractivity contribution in [1.29, 1.82) is 0 Å². The molecule has 1 aromatic carbocycles. The van der Waals surface area contributed by atoms with Crippen LogP contribution >= 0.6 is 24.0 Å². The quantitative estimate of drug-likeness (QED) is 0.341. The van der Waals surface area contributed by atoms with E-state index in [0.29, 0.717) is 5.92 Å². The molecule has 0 bridgehead atoms. The summed E-state index contributed by atoms with van der Waals surface area (Å²) in [5.41, 5.74) is 0.946. The van der Waals surface area contributed by atoms with Crippen LogP contribution in [0.3, 0.4) is 0 Å². The number of aliphatic imine (C=N–C) groups is 1. The summed E-state index contributed by atoms with van der Waals surface area (Å²) in [5, 5.41) is 11.6. The lowest BCUT2D eigenvalue weighted by Gasteiger charge is -2.33. The van der Waals surface area contributed by atoms with Gasteiger partial charge in [0.1, 0.15) is 23.5 Å². The molecule has 1 saturated heterocycles. The number of benzene rings is 1. The third-order valence-corrected chi connectivity index (χ3v) is 4.96. The van der Waals surface area contributed by atoms with Gasteiger partial charge < -0.3 is 14.6 Å². The second-order valence-electron chi connectivity index (χ2n) is 6.61. The van der Waals surface area contributed by atoms with Gasteiger partial charge in [-0.2, -0.15) is 5.10 Å². The van der Waals surface area contributed by atoms with E-state index in [9.17, 15) is 0 Å². The summed E-state index contributed by atoms with van der Waals surface area (Å²) in [4.78, 5) is 11.0. The number of halogens is 1. The Bertz CT molecular complexity index is 834. The van der Waals surface area contributed by atoms with Crippen molar-refractivity contribution >= 4 is 40.9 Å². The van der Waals surface area contributed by atoms with Crippen LogP contribution in [0.2, 0.25) is 0 Å². The molecule has 1 aliphatic heterocycles. The molecule has 7 nitrogen and oxygen atoms in total. The topological polar surface area (TPSA) is 82.3 Å². The number of aromatic amines is 1. The van der Waals surface area contributed by atoms with Crippen molar-refractivity contribution in [2.45, 2.75) is 25.2 Å². The molecule has 1 fully saturated rings. The van der Waals surface area contributed by atoms with Crippen LogP contribution in [0.5, 0.6) is 0 Å². The zero-order valence-corrected chi connectivity index (χ0v) is 17.7. The summed E-state index contributed by atoms with van der Waals surface area (Å²) >= 11 is 0. The van der Waals surface area contributed by atoms with Crippen LogP contribution in [0, 0.1) is 0 Å². The lowest BCUT2D eigenvalue weighted by Crippen LogP contribution is -2.45. The van der Waals surface area contributed by atoms with Crippen molar-refractivity contribution in [2.75, 3.05) is 26.7 Å². The number of piperidine rings is 1. The minimum Gasteiger partial charge on any atom is -0.461 e. The zero-order valence-electron chi connectivity index (χ0n) is 15.4.